The summed E-state index contributed by atoms with van der Waals surface area (Å²) in [7, 11) is 0. The van der Waals surface area contributed by atoms with E-state index in [1.54, 1.807) is 26.1 Å². The number of hydrogen-bond acceptors (Lipinski definition) is 4. The summed E-state index contributed by atoms with van der Waals surface area (Å²) in [4.78, 5) is 16.0. The van der Waals surface area contributed by atoms with Crippen molar-refractivity contribution in [3.8, 4) is 5.75 Å². The second-order valence-electron chi connectivity index (χ2n) is 6.04. The van der Waals surface area contributed by atoms with Crippen molar-refractivity contribution >= 4 is 12.0 Å². The first kappa shape index (κ1) is 17.7. The van der Waals surface area contributed by atoms with Crippen LogP contribution in [0.3, 0.4) is 0 Å². The molecule has 1 amide bonds. The number of aliphatic hydroxyl groups excluding tert-OH is 1. The Morgan fingerprint density at radius 3 is 2.62 bits per heavy atom. The van der Waals surface area contributed by atoms with Gasteiger partial charge in [-0.05, 0) is 49.8 Å². The van der Waals surface area contributed by atoms with Gasteiger partial charge in [-0.1, -0.05) is 18.2 Å². The Balaban J connectivity index is 1.87. The van der Waals surface area contributed by atoms with Gasteiger partial charge in [-0.25, -0.2) is 0 Å². The molecule has 0 saturated heterocycles. The lowest BCUT2D eigenvalue weighted by atomic mass is 10.1. The van der Waals surface area contributed by atoms with Crippen LogP contribution in [0, 0.1) is 0 Å². The Kier molecular flexibility index (Phi) is 6.09. The predicted molar refractivity (Wildman–Crippen MR) is 93.4 cm³/mol. The quantitative estimate of drug-likeness (QED) is 0.767. The van der Waals surface area contributed by atoms with Crippen molar-refractivity contribution < 1.29 is 14.6 Å². The first-order chi connectivity index (χ1) is 11.5. The van der Waals surface area contributed by atoms with Crippen LogP contribution >= 0.6 is 0 Å². The number of aliphatic hydroxyl groups is 1. The van der Waals surface area contributed by atoms with Crippen LogP contribution < -0.4 is 10.1 Å². The third-order valence-electron chi connectivity index (χ3n) is 3.28. The molecule has 1 aromatic carbocycles. The molecule has 1 heterocycles. The van der Waals surface area contributed by atoms with Crippen molar-refractivity contribution in [2.24, 2.45) is 0 Å². The molecule has 1 aromatic heterocycles. The standard InChI is InChI=1S/C19H22N2O3/c1-19(2,14-22)21-18(23)11-8-15-6-9-17(10-7-15)24-13-16-5-3-4-12-20-16/h3-12,22H,13-14H2,1-2H3,(H,21,23)/b11-8+. The number of benzene rings is 1. The van der Waals surface area contributed by atoms with Crippen molar-refractivity contribution in [3.05, 3.63) is 66.0 Å². The van der Waals surface area contributed by atoms with E-state index in [1.165, 1.54) is 6.08 Å². The highest BCUT2D eigenvalue weighted by Gasteiger charge is 2.17. The average Bonchev–Trinajstić information content (AvgIpc) is 2.59. The largest absolute Gasteiger partial charge is 0.487 e. The van der Waals surface area contributed by atoms with Crippen LogP contribution in [0.5, 0.6) is 5.75 Å². The van der Waals surface area contributed by atoms with E-state index in [0.717, 1.165) is 17.0 Å². The molecule has 5 heteroatoms. The fourth-order valence-electron chi connectivity index (χ4n) is 1.90. The number of aromatic nitrogens is 1. The van der Waals surface area contributed by atoms with Crippen molar-refractivity contribution in [2.45, 2.75) is 26.0 Å². The van der Waals surface area contributed by atoms with Crippen LogP contribution in [0.2, 0.25) is 0 Å². The Morgan fingerprint density at radius 2 is 2.00 bits per heavy atom. The summed E-state index contributed by atoms with van der Waals surface area (Å²) in [6, 6.07) is 13.1. The molecular formula is C19H22N2O3. The number of nitrogens with one attached hydrogen (secondary N) is 1. The maximum absolute atomic E-state index is 11.8. The second-order valence-corrected chi connectivity index (χ2v) is 6.04. The van der Waals surface area contributed by atoms with E-state index in [1.807, 2.05) is 42.5 Å². The maximum atomic E-state index is 11.8. The summed E-state index contributed by atoms with van der Waals surface area (Å²) in [5, 5.41) is 11.9. The van der Waals surface area contributed by atoms with Crippen molar-refractivity contribution in [2.75, 3.05) is 6.61 Å². The van der Waals surface area contributed by atoms with E-state index in [9.17, 15) is 4.79 Å². The van der Waals surface area contributed by atoms with Gasteiger partial charge in [-0.15, -0.1) is 0 Å². The molecule has 0 saturated carbocycles. The smallest absolute Gasteiger partial charge is 0.244 e. The molecule has 0 unspecified atom stereocenters. The fraction of sp³-hybridized carbons (Fsp3) is 0.263. The van der Waals surface area contributed by atoms with Gasteiger partial charge in [0.05, 0.1) is 17.8 Å². The summed E-state index contributed by atoms with van der Waals surface area (Å²) in [6.45, 7) is 3.81. The predicted octanol–water partition coefficient (Wildman–Crippen LogP) is 2.56. The summed E-state index contributed by atoms with van der Waals surface area (Å²) >= 11 is 0. The number of pyridine rings is 1. The summed E-state index contributed by atoms with van der Waals surface area (Å²) in [6.07, 6.45) is 4.89. The number of ether oxygens (including phenoxy) is 1. The van der Waals surface area contributed by atoms with Crippen molar-refractivity contribution in [1.82, 2.24) is 10.3 Å². The van der Waals surface area contributed by atoms with E-state index in [4.69, 9.17) is 9.84 Å². The first-order valence-electron chi connectivity index (χ1n) is 7.72. The lowest BCUT2D eigenvalue weighted by Gasteiger charge is -2.22. The molecule has 0 atom stereocenters. The molecule has 0 aliphatic heterocycles. The summed E-state index contributed by atoms with van der Waals surface area (Å²) in [5.41, 5.74) is 1.12. The van der Waals surface area contributed by atoms with Gasteiger partial charge in [0.15, 0.2) is 0 Å². The molecule has 5 nitrogen and oxygen atoms in total. The molecule has 126 valence electrons. The van der Waals surface area contributed by atoms with E-state index in [-0.39, 0.29) is 12.5 Å². The van der Waals surface area contributed by atoms with Gasteiger partial charge < -0.3 is 15.2 Å². The molecule has 0 aliphatic rings. The number of carbonyl (C=O) groups excluding carboxylic acids is 1. The first-order valence-corrected chi connectivity index (χ1v) is 7.72. The van der Waals surface area contributed by atoms with Crippen molar-refractivity contribution in [1.29, 1.82) is 0 Å². The minimum atomic E-state index is -0.634. The van der Waals surface area contributed by atoms with Gasteiger partial charge in [-0.3, -0.25) is 9.78 Å². The molecule has 2 rings (SSSR count). The highest BCUT2D eigenvalue weighted by atomic mass is 16.5. The fourth-order valence-corrected chi connectivity index (χ4v) is 1.90. The van der Waals surface area contributed by atoms with E-state index < -0.39 is 5.54 Å². The Bertz CT molecular complexity index is 680. The van der Waals surface area contributed by atoms with Gasteiger partial charge in [0.2, 0.25) is 5.91 Å². The Hall–Kier alpha value is -2.66. The van der Waals surface area contributed by atoms with Crippen LogP contribution in [0.4, 0.5) is 0 Å². The monoisotopic (exact) mass is 326 g/mol. The molecular weight excluding hydrogens is 304 g/mol. The van der Waals surface area contributed by atoms with Crippen LogP contribution in [-0.4, -0.2) is 28.1 Å². The zero-order valence-electron chi connectivity index (χ0n) is 13.9. The molecule has 0 fully saturated rings. The normalized spacial score (nSPS) is 11.5. The minimum absolute atomic E-state index is 0.116. The van der Waals surface area contributed by atoms with Gasteiger partial charge in [0.25, 0.3) is 0 Å². The third kappa shape index (κ3) is 5.85. The minimum Gasteiger partial charge on any atom is -0.487 e. The van der Waals surface area contributed by atoms with Gasteiger partial charge in [0, 0.05) is 12.3 Å². The zero-order chi connectivity index (χ0) is 17.4. The highest BCUT2D eigenvalue weighted by molar-refractivity contribution is 5.92. The van der Waals surface area contributed by atoms with E-state index in [2.05, 4.69) is 10.3 Å². The number of rotatable bonds is 7. The molecule has 0 aliphatic carbocycles. The molecule has 0 spiro atoms. The number of hydrogen-bond donors (Lipinski definition) is 2. The molecule has 0 radical (unpaired) electrons. The van der Waals surface area contributed by atoms with Crippen molar-refractivity contribution in [3.63, 3.8) is 0 Å². The average molecular weight is 326 g/mol. The highest BCUT2D eigenvalue weighted by Crippen LogP contribution is 2.14. The van der Waals surface area contributed by atoms with Crippen LogP contribution in [-0.2, 0) is 11.4 Å². The molecule has 2 aromatic rings. The number of amides is 1. The van der Waals surface area contributed by atoms with Gasteiger partial charge in [-0.2, -0.15) is 0 Å². The van der Waals surface area contributed by atoms with Gasteiger partial charge in [0.1, 0.15) is 12.4 Å². The lowest BCUT2D eigenvalue weighted by Crippen LogP contribution is -2.45. The van der Waals surface area contributed by atoms with E-state index >= 15 is 0 Å². The van der Waals surface area contributed by atoms with Crippen LogP contribution in [0.25, 0.3) is 6.08 Å². The summed E-state index contributed by atoms with van der Waals surface area (Å²) < 4.78 is 5.66. The molecule has 24 heavy (non-hydrogen) atoms. The number of carbonyl (C=O) groups is 1. The summed E-state index contributed by atoms with van der Waals surface area (Å²) in [5.74, 6) is 0.494. The SMILES string of the molecule is CC(C)(CO)NC(=O)/C=C/c1ccc(OCc2ccccn2)cc1. The Morgan fingerprint density at radius 1 is 1.25 bits per heavy atom. The molecule has 0 bridgehead atoms. The van der Waals surface area contributed by atoms with Gasteiger partial charge >= 0.3 is 0 Å². The third-order valence-corrected chi connectivity index (χ3v) is 3.28. The topological polar surface area (TPSA) is 71.5 Å². The van der Waals surface area contributed by atoms with Crippen LogP contribution in [0.1, 0.15) is 25.1 Å². The maximum Gasteiger partial charge on any atom is 0.244 e. The number of nitrogens with zero attached hydrogens (tertiary/aromatic N) is 1. The zero-order valence-corrected chi connectivity index (χ0v) is 13.9. The Labute approximate surface area is 142 Å². The lowest BCUT2D eigenvalue weighted by molar-refractivity contribution is -0.118. The van der Waals surface area contributed by atoms with E-state index in [0.29, 0.717) is 6.61 Å². The molecule has 2 N–H and O–H groups in total. The second kappa shape index (κ2) is 8.26. The van der Waals surface area contributed by atoms with Crippen LogP contribution in [0.15, 0.2) is 54.7 Å².